The number of para-hydroxylation sites is 1. The zero-order valence-corrected chi connectivity index (χ0v) is 18.5. The van der Waals surface area contributed by atoms with Crippen molar-refractivity contribution >= 4 is 22.9 Å². The minimum Gasteiger partial charge on any atom is -0.493 e. The number of thiophene rings is 1. The average molecular weight is 451 g/mol. The lowest BCUT2D eigenvalue weighted by Crippen LogP contribution is -2.14. The third-order valence-corrected chi connectivity index (χ3v) is 5.38. The van der Waals surface area contributed by atoms with Crippen molar-refractivity contribution in [3.05, 3.63) is 71.9 Å². The Morgan fingerprint density at radius 2 is 1.88 bits per heavy atom. The lowest BCUT2D eigenvalue weighted by atomic mass is 10.2. The van der Waals surface area contributed by atoms with E-state index in [0.29, 0.717) is 36.2 Å². The number of ether oxygens (including phenoxy) is 3. The lowest BCUT2D eigenvalue weighted by Gasteiger charge is -2.12. The molecule has 0 unspecified atom stereocenters. The van der Waals surface area contributed by atoms with Gasteiger partial charge < -0.3 is 19.5 Å². The summed E-state index contributed by atoms with van der Waals surface area (Å²) >= 11 is 1.53. The van der Waals surface area contributed by atoms with Crippen LogP contribution in [-0.4, -0.2) is 48.1 Å². The van der Waals surface area contributed by atoms with Crippen molar-refractivity contribution in [2.75, 3.05) is 32.8 Å². The van der Waals surface area contributed by atoms with E-state index >= 15 is 0 Å². The first-order valence-electron chi connectivity index (χ1n) is 9.87. The highest BCUT2D eigenvalue weighted by Crippen LogP contribution is 2.31. The Morgan fingerprint density at radius 1 is 1.03 bits per heavy atom. The van der Waals surface area contributed by atoms with Crippen LogP contribution in [0, 0.1) is 0 Å². The summed E-state index contributed by atoms with van der Waals surface area (Å²) in [5.41, 5.74) is 1.36. The van der Waals surface area contributed by atoms with Gasteiger partial charge in [0.2, 0.25) is 5.82 Å². The minimum absolute atomic E-state index is 0.0647. The molecular formula is C23H22N4O4S. The van der Waals surface area contributed by atoms with Crippen LogP contribution in [0.5, 0.6) is 11.5 Å². The maximum absolute atomic E-state index is 13.0. The number of aromatic nitrogens is 3. The minimum atomic E-state index is -0.425. The molecule has 0 saturated heterocycles. The van der Waals surface area contributed by atoms with E-state index in [1.54, 1.807) is 37.1 Å². The summed E-state index contributed by atoms with van der Waals surface area (Å²) in [5.74, 6) is 1.31. The molecule has 0 atom stereocenters. The molecule has 1 N–H and O–H groups in total. The summed E-state index contributed by atoms with van der Waals surface area (Å²) in [6.07, 6.45) is 0. The van der Waals surface area contributed by atoms with Gasteiger partial charge in [0.25, 0.3) is 5.91 Å². The topological polar surface area (TPSA) is 87.5 Å². The molecule has 32 heavy (non-hydrogen) atoms. The summed E-state index contributed by atoms with van der Waals surface area (Å²) in [5, 5.41) is 9.27. The number of methoxy groups -OCH3 is 2. The second-order valence-electron chi connectivity index (χ2n) is 6.64. The van der Waals surface area contributed by atoms with E-state index in [4.69, 9.17) is 14.2 Å². The quantitative estimate of drug-likeness (QED) is 0.383. The molecule has 8 nitrogen and oxygen atoms in total. The third-order valence-electron chi connectivity index (χ3n) is 4.52. The van der Waals surface area contributed by atoms with E-state index in [0.717, 1.165) is 10.6 Å². The molecule has 0 saturated carbocycles. The first-order chi connectivity index (χ1) is 15.7. The van der Waals surface area contributed by atoms with E-state index in [1.165, 1.54) is 11.3 Å². The highest BCUT2D eigenvalue weighted by molar-refractivity contribution is 7.13. The van der Waals surface area contributed by atoms with Crippen LogP contribution < -0.4 is 14.8 Å². The monoisotopic (exact) mass is 450 g/mol. The number of nitrogens with zero attached hydrogens (tertiary/aromatic N) is 3. The first-order valence-corrected chi connectivity index (χ1v) is 10.7. The SMILES string of the molecule is COCCOc1cc(NC(=O)c2nc(-c3cccs3)n(-c3ccccc3)n2)ccc1OC. The van der Waals surface area contributed by atoms with Crippen LogP contribution in [0.4, 0.5) is 5.69 Å². The molecule has 0 aliphatic carbocycles. The number of hydrogen-bond acceptors (Lipinski definition) is 7. The maximum Gasteiger partial charge on any atom is 0.295 e. The standard InChI is InChI=1S/C23H22N4O4S/c1-29-12-13-31-19-15-16(10-11-18(19)30-2)24-23(28)21-25-22(20-9-6-14-32-20)27(26-21)17-7-4-3-5-8-17/h3-11,14-15H,12-13H2,1-2H3,(H,24,28). The molecule has 0 fully saturated rings. The Bertz CT molecular complexity index is 1180. The van der Waals surface area contributed by atoms with Crippen LogP contribution >= 0.6 is 11.3 Å². The fourth-order valence-corrected chi connectivity index (χ4v) is 3.71. The van der Waals surface area contributed by atoms with E-state index in [2.05, 4.69) is 15.4 Å². The largest absolute Gasteiger partial charge is 0.493 e. The number of anilines is 1. The highest BCUT2D eigenvalue weighted by atomic mass is 32.1. The molecule has 9 heteroatoms. The number of rotatable bonds is 9. The first kappa shape index (κ1) is 21.5. The van der Waals surface area contributed by atoms with Gasteiger partial charge in [-0.15, -0.1) is 16.4 Å². The van der Waals surface area contributed by atoms with Crippen LogP contribution in [0.3, 0.4) is 0 Å². The van der Waals surface area contributed by atoms with E-state index < -0.39 is 5.91 Å². The van der Waals surface area contributed by atoms with Gasteiger partial charge in [-0.05, 0) is 35.7 Å². The molecule has 2 heterocycles. The van der Waals surface area contributed by atoms with Gasteiger partial charge in [-0.1, -0.05) is 24.3 Å². The summed E-state index contributed by atoms with van der Waals surface area (Å²) in [7, 11) is 3.16. The second kappa shape index (κ2) is 10.1. The Kier molecular flexibility index (Phi) is 6.78. The van der Waals surface area contributed by atoms with Gasteiger partial charge in [-0.25, -0.2) is 9.67 Å². The van der Waals surface area contributed by atoms with Crippen molar-refractivity contribution in [2.24, 2.45) is 0 Å². The number of amides is 1. The Balaban J connectivity index is 1.61. The Morgan fingerprint density at radius 3 is 2.59 bits per heavy atom. The number of benzene rings is 2. The molecule has 164 valence electrons. The maximum atomic E-state index is 13.0. The van der Waals surface area contributed by atoms with Crippen molar-refractivity contribution in [3.8, 4) is 27.9 Å². The predicted octanol–water partition coefficient (Wildman–Crippen LogP) is 4.28. The van der Waals surface area contributed by atoms with Gasteiger partial charge in [0, 0.05) is 18.9 Å². The van der Waals surface area contributed by atoms with Gasteiger partial charge in [-0.3, -0.25) is 4.79 Å². The van der Waals surface area contributed by atoms with E-state index in [9.17, 15) is 4.79 Å². The zero-order valence-electron chi connectivity index (χ0n) is 17.6. The number of carbonyl (C=O) groups is 1. The zero-order chi connectivity index (χ0) is 22.3. The molecule has 0 bridgehead atoms. The molecule has 2 aromatic carbocycles. The van der Waals surface area contributed by atoms with Gasteiger partial charge in [0.05, 0.1) is 24.3 Å². The molecular weight excluding hydrogens is 428 g/mol. The van der Waals surface area contributed by atoms with Crippen molar-refractivity contribution in [3.63, 3.8) is 0 Å². The van der Waals surface area contributed by atoms with Crippen LogP contribution in [-0.2, 0) is 4.74 Å². The molecule has 1 amide bonds. The fourth-order valence-electron chi connectivity index (χ4n) is 3.01. The van der Waals surface area contributed by atoms with Gasteiger partial charge in [-0.2, -0.15) is 0 Å². The molecule has 0 aliphatic rings. The summed E-state index contributed by atoms with van der Waals surface area (Å²) in [4.78, 5) is 18.4. The highest BCUT2D eigenvalue weighted by Gasteiger charge is 2.20. The normalized spacial score (nSPS) is 10.7. The van der Waals surface area contributed by atoms with Crippen LogP contribution in [0.2, 0.25) is 0 Å². The van der Waals surface area contributed by atoms with E-state index in [-0.39, 0.29) is 5.82 Å². The average Bonchev–Trinajstić information content (AvgIpc) is 3.50. The summed E-state index contributed by atoms with van der Waals surface area (Å²) in [6, 6.07) is 18.6. The fraction of sp³-hybridized carbons (Fsp3) is 0.174. The molecule has 2 aromatic heterocycles. The van der Waals surface area contributed by atoms with Crippen molar-refractivity contribution in [1.82, 2.24) is 14.8 Å². The van der Waals surface area contributed by atoms with Crippen molar-refractivity contribution in [1.29, 1.82) is 0 Å². The second-order valence-corrected chi connectivity index (χ2v) is 7.59. The summed E-state index contributed by atoms with van der Waals surface area (Å²) in [6.45, 7) is 0.795. The molecule has 0 spiro atoms. The van der Waals surface area contributed by atoms with Gasteiger partial charge in [0.1, 0.15) is 6.61 Å². The van der Waals surface area contributed by atoms with E-state index in [1.807, 2.05) is 47.8 Å². The number of carbonyl (C=O) groups excluding carboxylic acids is 1. The molecule has 4 aromatic rings. The van der Waals surface area contributed by atoms with Gasteiger partial charge >= 0.3 is 0 Å². The lowest BCUT2D eigenvalue weighted by molar-refractivity contribution is 0.101. The van der Waals surface area contributed by atoms with Crippen molar-refractivity contribution in [2.45, 2.75) is 0 Å². The van der Waals surface area contributed by atoms with Crippen LogP contribution in [0.15, 0.2) is 66.0 Å². The summed E-state index contributed by atoms with van der Waals surface area (Å²) < 4.78 is 17.7. The molecule has 0 aliphatic heterocycles. The van der Waals surface area contributed by atoms with Crippen molar-refractivity contribution < 1.29 is 19.0 Å². The number of hydrogen-bond donors (Lipinski definition) is 1. The number of nitrogens with one attached hydrogen (secondary N) is 1. The Labute approximate surface area is 189 Å². The molecule has 0 radical (unpaired) electrons. The van der Waals surface area contributed by atoms with Gasteiger partial charge in [0.15, 0.2) is 17.3 Å². The molecule has 4 rings (SSSR count). The third kappa shape index (κ3) is 4.79. The smallest absolute Gasteiger partial charge is 0.295 e. The van der Waals surface area contributed by atoms with Crippen LogP contribution in [0.25, 0.3) is 16.4 Å². The van der Waals surface area contributed by atoms with Crippen LogP contribution in [0.1, 0.15) is 10.6 Å². The Hall–Kier alpha value is -3.69. The predicted molar refractivity (Wildman–Crippen MR) is 123 cm³/mol.